The highest BCUT2D eigenvalue weighted by Gasteiger charge is 2.02. The Morgan fingerprint density at radius 2 is 1.75 bits per heavy atom. The maximum absolute atomic E-state index is 3.81. The zero-order chi connectivity index (χ0) is 11.8. The number of benzene rings is 1. The molecule has 0 aliphatic carbocycles. The van der Waals surface area contributed by atoms with E-state index in [4.69, 9.17) is 0 Å². The molecule has 0 heterocycles. The molecular weight excluding hydrogens is 192 g/mol. The van der Waals surface area contributed by atoms with Crippen LogP contribution in [0.1, 0.15) is 49.8 Å². The number of aryl methyl sites for hydroxylation is 3. The predicted octanol–water partition coefficient (Wildman–Crippen LogP) is 4.71. The van der Waals surface area contributed by atoms with Crippen molar-refractivity contribution in [2.45, 2.75) is 52.4 Å². The SMILES string of the molecule is C=CCCc1cc(CCC)ccc1CCC. The summed E-state index contributed by atoms with van der Waals surface area (Å²) in [7, 11) is 0. The number of allylic oxidation sites excluding steroid dienone is 1. The van der Waals surface area contributed by atoms with Gasteiger partial charge in [-0.2, -0.15) is 0 Å². The second-order valence-electron chi connectivity index (χ2n) is 4.43. The minimum absolute atomic E-state index is 1.09. The molecule has 1 aromatic rings. The monoisotopic (exact) mass is 216 g/mol. The molecule has 0 saturated carbocycles. The van der Waals surface area contributed by atoms with E-state index in [0.717, 1.165) is 12.8 Å². The lowest BCUT2D eigenvalue weighted by Gasteiger charge is -2.10. The van der Waals surface area contributed by atoms with E-state index in [0.29, 0.717) is 0 Å². The van der Waals surface area contributed by atoms with Crippen molar-refractivity contribution in [3.8, 4) is 0 Å². The van der Waals surface area contributed by atoms with E-state index >= 15 is 0 Å². The Hall–Kier alpha value is -1.04. The highest BCUT2D eigenvalue weighted by molar-refractivity contribution is 5.32. The Kier molecular flexibility index (Phi) is 5.92. The van der Waals surface area contributed by atoms with E-state index < -0.39 is 0 Å². The first kappa shape index (κ1) is 13.0. The molecule has 0 amide bonds. The Morgan fingerprint density at radius 1 is 1.00 bits per heavy atom. The summed E-state index contributed by atoms with van der Waals surface area (Å²) in [6.07, 6.45) is 9.12. The van der Waals surface area contributed by atoms with Crippen LogP contribution in [-0.2, 0) is 19.3 Å². The normalized spacial score (nSPS) is 10.4. The molecule has 0 fully saturated rings. The van der Waals surface area contributed by atoms with E-state index in [1.54, 1.807) is 0 Å². The van der Waals surface area contributed by atoms with Crippen molar-refractivity contribution in [2.75, 3.05) is 0 Å². The van der Waals surface area contributed by atoms with Crippen molar-refractivity contribution in [1.82, 2.24) is 0 Å². The second kappa shape index (κ2) is 7.27. The van der Waals surface area contributed by atoms with E-state index in [-0.39, 0.29) is 0 Å². The maximum atomic E-state index is 3.81. The van der Waals surface area contributed by atoms with E-state index in [9.17, 15) is 0 Å². The van der Waals surface area contributed by atoms with Crippen molar-refractivity contribution >= 4 is 0 Å². The Morgan fingerprint density at radius 3 is 2.38 bits per heavy atom. The lowest BCUT2D eigenvalue weighted by atomic mass is 9.95. The zero-order valence-electron chi connectivity index (χ0n) is 10.8. The standard InChI is InChI=1S/C16H24/c1-4-7-10-16-13-14(8-5-2)11-12-15(16)9-6-3/h4,11-13H,1,5-10H2,2-3H3. The maximum Gasteiger partial charge on any atom is -0.0241 e. The third kappa shape index (κ3) is 3.84. The molecule has 1 aromatic carbocycles. The molecule has 0 nitrogen and oxygen atoms in total. The van der Waals surface area contributed by atoms with Gasteiger partial charge in [0.15, 0.2) is 0 Å². The molecule has 0 aromatic heterocycles. The van der Waals surface area contributed by atoms with Gasteiger partial charge in [-0.25, -0.2) is 0 Å². The molecule has 0 aliphatic rings. The van der Waals surface area contributed by atoms with Crippen LogP contribution in [0.3, 0.4) is 0 Å². The third-order valence-corrected chi connectivity index (χ3v) is 2.95. The first-order valence-electron chi connectivity index (χ1n) is 6.53. The van der Waals surface area contributed by atoms with Gasteiger partial charge in [0, 0.05) is 0 Å². The molecule has 0 N–H and O–H groups in total. The van der Waals surface area contributed by atoms with Crippen LogP contribution < -0.4 is 0 Å². The largest absolute Gasteiger partial charge is 0.103 e. The molecule has 0 saturated heterocycles. The van der Waals surface area contributed by atoms with Crippen molar-refractivity contribution < 1.29 is 0 Å². The fourth-order valence-corrected chi connectivity index (χ4v) is 2.13. The molecule has 0 spiro atoms. The minimum atomic E-state index is 1.09. The lowest BCUT2D eigenvalue weighted by Crippen LogP contribution is -1.96. The molecule has 0 radical (unpaired) electrons. The molecule has 0 heteroatoms. The smallest absolute Gasteiger partial charge is 0.0241 e. The van der Waals surface area contributed by atoms with Crippen LogP contribution in [0.25, 0.3) is 0 Å². The Bertz CT molecular complexity index is 323. The van der Waals surface area contributed by atoms with Crippen LogP contribution in [-0.4, -0.2) is 0 Å². The van der Waals surface area contributed by atoms with Crippen molar-refractivity contribution in [2.24, 2.45) is 0 Å². The van der Waals surface area contributed by atoms with Gasteiger partial charge in [-0.05, 0) is 42.4 Å². The van der Waals surface area contributed by atoms with E-state index in [2.05, 4.69) is 38.6 Å². The number of hydrogen-bond donors (Lipinski definition) is 0. The Balaban J connectivity index is 2.85. The van der Waals surface area contributed by atoms with Crippen LogP contribution in [0, 0.1) is 0 Å². The molecule has 0 aliphatic heterocycles. The van der Waals surface area contributed by atoms with E-state index in [1.807, 2.05) is 6.08 Å². The topological polar surface area (TPSA) is 0 Å². The predicted molar refractivity (Wildman–Crippen MR) is 73.0 cm³/mol. The van der Waals surface area contributed by atoms with Crippen LogP contribution in [0.4, 0.5) is 0 Å². The first-order valence-corrected chi connectivity index (χ1v) is 6.53. The summed E-state index contributed by atoms with van der Waals surface area (Å²) in [6, 6.07) is 7.02. The fraction of sp³-hybridized carbons (Fsp3) is 0.500. The molecule has 0 bridgehead atoms. The Labute approximate surface area is 100 Å². The van der Waals surface area contributed by atoms with Gasteiger partial charge in [0.05, 0.1) is 0 Å². The molecule has 1 rings (SSSR count). The summed E-state index contributed by atoms with van der Waals surface area (Å²) in [5, 5.41) is 0. The van der Waals surface area contributed by atoms with E-state index in [1.165, 1.54) is 42.4 Å². The summed E-state index contributed by atoms with van der Waals surface area (Å²) < 4.78 is 0. The van der Waals surface area contributed by atoms with Crippen LogP contribution in [0.5, 0.6) is 0 Å². The molecule has 88 valence electrons. The summed E-state index contributed by atoms with van der Waals surface area (Å²) in [6.45, 7) is 8.30. The third-order valence-electron chi connectivity index (χ3n) is 2.95. The van der Waals surface area contributed by atoms with Crippen LogP contribution in [0.2, 0.25) is 0 Å². The van der Waals surface area contributed by atoms with Crippen LogP contribution in [0.15, 0.2) is 30.9 Å². The summed E-state index contributed by atoms with van der Waals surface area (Å²) in [5.74, 6) is 0. The van der Waals surface area contributed by atoms with Gasteiger partial charge in [0.25, 0.3) is 0 Å². The highest BCUT2D eigenvalue weighted by Crippen LogP contribution is 2.17. The molecule has 0 atom stereocenters. The van der Waals surface area contributed by atoms with Crippen molar-refractivity contribution in [3.63, 3.8) is 0 Å². The highest BCUT2D eigenvalue weighted by atomic mass is 14.1. The van der Waals surface area contributed by atoms with Gasteiger partial charge in [0.1, 0.15) is 0 Å². The second-order valence-corrected chi connectivity index (χ2v) is 4.43. The fourth-order valence-electron chi connectivity index (χ4n) is 2.13. The van der Waals surface area contributed by atoms with Gasteiger partial charge in [-0.1, -0.05) is 51.0 Å². The minimum Gasteiger partial charge on any atom is -0.103 e. The molecule has 16 heavy (non-hydrogen) atoms. The first-order chi connectivity index (χ1) is 7.81. The molecule has 0 unspecified atom stereocenters. The quantitative estimate of drug-likeness (QED) is 0.579. The van der Waals surface area contributed by atoms with Crippen LogP contribution >= 0.6 is 0 Å². The summed E-state index contributed by atoms with van der Waals surface area (Å²) in [4.78, 5) is 0. The van der Waals surface area contributed by atoms with Gasteiger partial charge in [-0.15, -0.1) is 6.58 Å². The summed E-state index contributed by atoms with van der Waals surface area (Å²) >= 11 is 0. The van der Waals surface area contributed by atoms with Gasteiger partial charge < -0.3 is 0 Å². The lowest BCUT2D eigenvalue weighted by molar-refractivity contribution is 0.869. The van der Waals surface area contributed by atoms with Crippen molar-refractivity contribution in [3.05, 3.63) is 47.5 Å². The van der Waals surface area contributed by atoms with Crippen molar-refractivity contribution in [1.29, 1.82) is 0 Å². The average Bonchev–Trinajstić information content (AvgIpc) is 2.30. The zero-order valence-corrected chi connectivity index (χ0v) is 10.8. The summed E-state index contributed by atoms with van der Waals surface area (Å²) in [5.41, 5.74) is 4.55. The van der Waals surface area contributed by atoms with Gasteiger partial charge in [0.2, 0.25) is 0 Å². The molecular formula is C16H24. The number of rotatable bonds is 7. The number of hydrogen-bond acceptors (Lipinski definition) is 0. The van der Waals surface area contributed by atoms with Gasteiger partial charge >= 0.3 is 0 Å². The average molecular weight is 216 g/mol. The van der Waals surface area contributed by atoms with Gasteiger partial charge in [-0.3, -0.25) is 0 Å².